The first-order valence-corrected chi connectivity index (χ1v) is 15.2. The van der Waals surface area contributed by atoms with Crippen molar-refractivity contribution in [3.05, 3.63) is 12.1 Å². The summed E-state index contributed by atoms with van der Waals surface area (Å²) in [6.45, 7) is 7.00. The molecular weight excluding hydrogens is 413 g/mol. The Hall–Kier alpha value is -0.501. The molecule has 0 atom stereocenters. The fourth-order valence-electron chi connectivity index (χ4n) is 2.29. The van der Waals surface area contributed by atoms with Gasteiger partial charge in [0.25, 0.3) is 0 Å². The van der Waals surface area contributed by atoms with Gasteiger partial charge in [0.15, 0.2) is 5.65 Å². The number of nitrogens with zero attached hydrogens (tertiary/aromatic N) is 5. The van der Waals surface area contributed by atoms with Gasteiger partial charge in [-0.1, -0.05) is 11.1 Å². The van der Waals surface area contributed by atoms with Crippen molar-refractivity contribution in [3.8, 4) is 0 Å². The van der Waals surface area contributed by atoms with E-state index in [1.54, 1.807) is 25.4 Å². The molecule has 0 aliphatic heterocycles. The largest absolute Gasteiger partial charge is 0.758 e. The van der Waals surface area contributed by atoms with Gasteiger partial charge in [0.1, 0.15) is 0 Å². The van der Waals surface area contributed by atoms with Crippen molar-refractivity contribution in [2.45, 2.75) is 77.6 Å². The molecule has 0 bridgehead atoms. The van der Waals surface area contributed by atoms with Crippen LogP contribution in [0.15, 0.2) is 17.2 Å². The summed E-state index contributed by atoms with van der Waals surface area (Å²) in [6.07, 6.45) is 8.85. The summed E-state index contributed by atoms with van der Waals surface area (Å²) in [6, 6.07) is 3.40. The molecule has 0 spiro atoms. The van der Waals surface area contributed by atoms with E-state index >= 15 is 0 Å². The Bertz CT molecular complexity index is 515. The second-order valence-corrected chi connectivity index (χ2v) is 14.7. The van der Waals surface area contributed by atoms with Crippen LogP contribution in [0.4, 0.5) is 0 Å². The maximum Gasteiger partial charge on any atom is 0.199 e. The minimum Gasteiger partial charge on any atom is -0.758 e. The van der Waals surface area contributed by atoms with Gasteiger partial charge in [-0.3, -0.25) is 0 Å². The molecule has 128 valence electrons. The number of hydrogen-bond donors (Lipinski definition) is 0. The first-order chi connectivity index (χ1) is 11.2. The quantitative estimate of drug-likeness (QED) is 0.428. The molecule has 0 radical (unpaired) electrons. The summed E-state index contributed by atoms with van der Waals surface area (Å²) in [5.74, 6) is 0. The van der Waals surface area contributed by atoms with Crippen LogP contribution in [0.5, 0.6) is 0 Å². The van der Waals surface area contributed by atoms with E-state index in [0.29, 0.717) is 10.7 Å². The van der Waals surface area contributed by atoms with Gasteiger partial charge in [-0.15, -0.1) is 9.73 Å². The summed E-state index contributed by atoms with van der Waals surface area (Å²) >= 11 is 3.94. The van der Waals surface area contributed by atoms with Gasteiger partial charge in [-0.05, 0) is 16.5 Å². The molecule has 0 unspecified atom stereocenters. The molecule has 2 rings (SSSR count). The predicted molar refractivity (Wildman–Crippen MR) is 99.1 cm³/mol. The first kappa shape index (κ1) is 20.5. The third kappa shape index (κ3) is 8.79. The van der Waals surface area contributed by atoms with E-state index in [4.69, 9.17) is 12.6 Å². The molecule has 0 aromatic carbocycles. The molecular formula is C16H29N5SSn. The summed E-state index contributed by atoms with van der Waals surface area (Å²) in [7, 11) is 0. The van der Waals surface area contributed by atoms with Crippen molar-refractivity contribution >= 4 is 38.0 Å². The van der Waals surface area contributed by atoms with Crippen molar-refractivity contribution in [2.24, 2.45) is 0 Å². The van der Waals surface area contributed by atoms with Gasteiger partial charge in [0, 0.05) is 0 Å². The number of tetrazole rings is 1. The molecule has 5 nitrogen and oxygen atoms in total. The molecule has 23 heavy (non-hydrogen) atoms. The van der Waals surface area contributed by atoms with E-state index in [-0.39, 0.29) is 0 Å². The minimum atomic E-state index is -0.839. The van der Waals surface area contributed by atoms with E-state index < -0.39 is 19.8 Å². The summed E-state index contributed by atoms with van der Waals surface area (Å²) in [5.41, 5.74) is 0.605. The monoisotopic (exact) mass is 443 g/mol. The Morgan fingerprint density at radius 2 is 1.52 bits per heavy atom. The van der Waals surface area contributed by atoms with Crippen molar-refractivity contribution in [1.29, 1.82) is 0 Å². The zero-order valence-corrected chi connectivity index (χ0v) is 18.3. The average molecular weight is 442 g/mol. The number of unbranched alkanes of at least 4 members (excludes halogenated alkanes) is 3. The molecule has 0 aliphatic carbocycles. The minimum absolute atomic E-state index is 0.486. The molecule has 0 amide bonds. The summed E-state index contributed by atoms with van der Waals surface area (Å²) in [5, 5.41) is 14.9. The van der Waals surface area contributed by atoms with Gasteiger partial charge < -0.3 is 12.6 Å². The maximum absolute atomic E-state index is 4.78. The predicted octanol–water partition coefficient (Wildman–Crippen LogP) is 4.31. The Balaban J connectivity index is 0.000000235. The normalized spacial score (nSPS) is 10.4. The maximum atomic E-state index is 4.78. The Labute approximate surface area is 152 Å². The fraction of sp³-hybridized carbons (Fsp3) is 0.750. The first-order valence-electron chi connectivity index (χ1n) is 8.77. The van der Waals surface area contributed by atoms with E-state index in [2.05, 4.69) is 41.4 Å². The molecule has 0 aliphatic rings. The second-order valence-electron chi connectivity index (χ2n) is 5.76. The standard InChI is InChI=1S/C4H3N5S.3C4H9.Sn/c10-4-2-1-3-5-7-8-9(3)6-4;3*1-3-4-2;/h1-2H,(H,6,10);3*1,3-4H2,2H3;/q;;;;+1/p-1. The molecule has 2 aromatic heterocycles. The van der Waals surface area contributed by atoms with Crippen LogP contribution in [0, 0.1) is 0 Å². The molecule has 0 fully saturated rings. The topological polar surface area (TPSA) is 56.0 Å². The smallest absolute Gasteiger partial charge is 0.199 e. The van der Waals surface area contributed by atoms with E-state index in [0.717, 1.165) is 0 Å². The Morgan fingerprint density at radius 3 is 2.04 bits per heavy atom. The summed E-state index contributed by atoms with van der Waals surface area (Å²) in [4.78, 5) is 0. The zero-order chi connectivity index (χ0) is 16.9. The van der Waals surface area contributed by atoms with Gasteiger partial charge >= 0.3 is 92.4 Å². The van der Waals surface area contributed by atoms with Crippen LogP contribution in [0.1, 0.15) is 59.3 Å². The average Bonchev–Trinajstić information content (AvgIpc) is 3.02. The van der Waals surface area contributed by atoms with Crippen LogP contribution >= 0.6 is 0 Å². The molecule has 2 aromatic rings. The SMILES string of the molecule is CCC[CH2][Sn+]([CH2]CCC)[CH2]CCC.[S-]c1ccc2nnnn2n1. The number of rotatable bonds is 9. The van der Waals surface area contributed by atoms with E-state index in [1.165, 1.54) is 43.2 Å². The summed E-state index contributed by atoms with van der Waals surface area (Å²) < 4.78 is 6.33. The van der Waals surface area contributed by atoms with Crippen LogP contribution in [0.25, 0.3) is 5.65 Å². The van der Waals surface area contributed by atoms with Crippen molar-refractivity contribution in [2.75, 3.05) is 0 Å². The Morgan fingerprint density at radius 1 is 0.957 bits per heavy atom. The molecule has 2 heterocycles. The van der Waals surface area contributed by atoms with Crippen LogP contribution in [-0.4, -0.2) is 45.0 Å². The van der Waals surface area contributed by atoms with Gasteiger partial charge in [-0.25, -0.2) is 0 Å². The number of hydrogen-bond acceptors (Lipinski definition) is 5. The zero-order valence-electron chi connectivity index (χ0n) is 14.7. The third-order valence-corrected chi connectivity index (χ3v) is 13.0. The molecule has 0 N–H and O–H groups in total. The molecule has 7 heteroatoms. The number of aromatic nitrogens is 5. The van der Waals surface area contributed by atoms with Crippen LogP contribution in [-0.2, 0) is 12.6 Å². The van der Waals surface area contributed by atoms with Crippen LogP contribution in [0.3, 0.4) is 0 Å². The van der Waals surface area contributed by atoms with Crippen LogP contribution in [0.2, 0.25) is 13.3 Å². The van der Waals surface area contributed by atoms with Crippen molar-refractivity contribution in [1.82, 2.24) is 25.3 Å². The van der Waals surface area contributed by atoms with Crippen molar-refractivity contribution < 1.29 is 0 Å². The Kier molecular flexibility index (Phi) is 11.5. The molecule has 0 saturated carbocycles. The van der Waals surface area contributed by atoms with Gasteiger partial charge in [0.05, 0.1) is 0 Å². The van der Waals surface area contributed by atoms with Gasteiger partial charge in [0.2, 0.25) is 0 Å². The van der Waals surface area contributed by atoms with Crippen molar-refractivity contribution in [3.63, 3.8) is 0 Å². The number of fused-ring (bicyclic) bond motifs is 1. The van der Waals surface area contributed by atoms with E-state index in [1.807, 2.05) is 0 Å². The third-order valence-electron chi connectivity index (χ3n) is 3.70. The van der Waals surface area contributed by atoms with Crippen LogP contribution < -0.4 is 0 Å². The second kappa shape index (κ2) is 12.9. The van der Waals surface area contributed by atoms with Gasteiger partial charge in [-0.2, -0.15) is 5.10 Å². The fourth-order valence-corrected chi connectivity index (χ4v) is 11.9. The van der Waals surface area contributed by atoms with E-state index in [9.17, 15) is 0 Å². The molecule has 0 saturated heterocycles.